The predicted molar refractivity (Wildman–Crippen MR) is 74.8 cm³/mol. The molecule has 3 rings (SSSR count). The Hall–Kier alpha value is -1.68. The number of hydrogen-bond acceptors (Lipinski definition) is 3. The molecule has 1 heterocycles. The Morgan fingerprint density at radius 1 is 1.26 bits per heavy atom. The number of benzene rings is 1. The number of nitrogens with one attached hydrogen (secondary N) is 1. The van der Waals surface area contributed by atoms with E-state index in [-0.39, 0.29) is 6.04 Å². The molecule has 19 heavy (non-hydrogen) atoms. The van der Waals surface area contributed by atoms with E-state index in [1.165, 1.54) is 18.4 Å². The third-order valence-electron chi connectivity index (χ3n) is 4.03. The zero-order valence-electron chi connectivity index (χ0n) is 11.5. The van der Waals surface area contributed by atoms with E-state index in [0.717, 1.165) is 5.82 Å². The number of rotatable bonds is 4. The Labute approximate surface area is 113 Å². The molecule has 1 aromatic heterocycles. The third kappa shape index (κ3) is 2.54. The topological polar surface area (TPSA) is 42.7 Å². The largest absolute Gasteiger partial charge is 0.319 e. The SMILES string of the molecule is CC(NC1CC(c2ccccc2)C1)c1nncn1C. The van der Waals surface area contributed by atoms with Gasteiger partial charge in [0.2, 0.25) is 0 Å². The lowest BCUT2D eigenvalue weighted by atomic mass is 9.75. The zero-order valence-corrected chi connectivity index (χ0v) is 11.5. The number of hydrogen-bond donors (Lipinski definition) is 1. The Bertz CT molecular complexity index is 528. The minimum atomic E-state index is 0.259. The molecule has 0 aliphatic heterocycles. The molecule has 0 bridgehead atoms. The molecule has 1 fully saturated rings. The Morgan fingerprint density at radius 3 is 2.63 bits per heavy atom. The lowest BCUT2D eigenvalue weighted by molar-refractivity contribution is 0.266. The summed E-state index contributed by atoms with van der Waals surface area (Å²) >= 11 is 0. The van der Waals surface area contributed by atoms with Gasteiger partial charge >= 0.3 is 0 Å². The first-order chi connectivity index (χ1) is 9.24. The molecule has 4 nitrogen and oxygen atoms in total. The molecule has 1 atom stereocenters. The van der Waals surface area contributed by atoms with Crippen LogP contribution in [0.1, 0.15) is 43.1 Å². The molecule has 1 unspecified atom stereocenters. The predicted octanol–water partition coefficient (Wildman–Crippen LogP) is 2.41. The summed E-state index contributed by atoms with van der Waals surface area (Å²) in [4.78, 5) is 0. The summed E-state index contributed by atoms with van der Waals surface area (Å²) in [6, 6.07) is 11.6. The van der Waals surface area contributed by atoms with Crippen LogP contribution in [0.2, 0.25) is 0 Å². The van der Waals surface area contributed by atoms with E-state index in [0.29, 0.717) is 12.0 Å². The highest BCUT2D eigenvalue weighted by Crippen LogP contribution is 2.37. The van der Waals surface area contributed by atoms with E-state index >= 15 is 0 Å². The molecule has 0 spiro atoms. The quantitative estimate of drug-likeness (QED) is 0.913. The average Bonchev–Trinajstić information content (AvgIpc) is 2.80. The van der Waals surface area contributed by atoms with Gasteiger partial charge in [-0.1, -0.05) is 30.3 Å². The van der Waals surface area contributed by atoms with E-state index in [4.69, 9.17) is 0 Å². The van der Waals surface area contributed by atoms with Crippen LogP contribution in [0, 0.1) is 0 Å². The van der Waals surface area contributed by atoms with Gasteiger partial charge in [0, 0.05) is 13.1 Å². The lowest BCUT2D eigenvalue weighted by Crippen LogP contribution is -2.41. The normalized spacial score (nSPS) is 23.9. The van der Waals surface area contributed by atoms with Crippen molar-refractivity contribution in [3.63, 3.8) is 0 Å². The van der Waals surface area contributed by atoms with Crippen LogP contribution in [0.4, 0.5) is 0 Å². The monoisotopic (exact) mass is 256 g/mol. The molecule has 4 heteroatoms. The van der Waals surface area contributed by atoms with Crippen molar-refractivity contribution in [3.05, 3.63) is 48.0 Å². The van der Waals surface area contributed by atoms with Crippen LogP contribution in [0.5, 0.6) is 0 Å². The highest BCUT2D eigenvalue weighted by atomic mass is 15.3. The summed E-state index contributed by atoms with van der Waals surface area (Å²) in [5.74, 6) is 1.72. The van der Waals surface area contributed by atoms with Crippen LogP contribution < -0.4 is 5.32 Å². The standard InChI is InChI=1S/C15H20N4/c1-11(15-18-16-10-19(15)2)17-14-8-13(9-14)12-6-4-3-5-7-12/h3-7,10-11,13-14,17H,8-9H2,1-2H3. The number of aryl methyl sites for hydroxylation is 1. The molecular weight excluding hydrogens is 236 g/mol. The summed E-state index contributed by atoms with van der Waals surface area (Å²) in [6.07, 6.45) is 4.18. The summed E-state index contributed by atoms with van der Waals surface area (Å²) in [5.41, 5.74) is 1.46. The average molecular weight is 256 g/mol. The van der Waals surface area contributed by atoms with E-state index < -0.39 is 0 Å². The van der Waals surface area contributed by atoms with Crippen LogP contribution >= 0.6 is 0 Å². The van der Waals surface area contributed by atoms with Crippen LogP contribution in [-0.2, 0) is 7.05 Å². The molecular formula is C15H20N4. The maximum Gasteiger partial charge on any atom is 0.149 e. The van der Waals surface area contributed by atoms with Crippen molar-refractivity contribution in [1.29, 1.82) is 0 Å². The van der Waals surface area contributed by atoms with Crippen molar-refractivity contribution in [2.75, 3.05) is 0 Å². The highest BCUT2D eigenvalue weighted by Gasteiger charge is 2.31. The van der Waals surface area contributed by atoms with Gasteiger partial charge in [-0.05, 0) is 31.2 Å². The van der Waals surface area contributed by atoms with Crippen LogP contribution in [0.3, 0.4) is 0 Å². The van der Waals surface area contributed by atoms with Gasteiger partial charge in [-0.15, -0.1) is 10.2 Å². The van der Waals surface area contributed by atoms with Crippen LogP contribution in [0.25, 0.3) is 0 Å². The first-order valence-corrected chi connectivity index (χ1v) is 6.89. The Kier molecular flexibility index (Phi) is 3.34. The van der Waals surface area contributed by atoms with Crippen molar-refractivity contribution < 1.29 is 0 Å². The molecule has 1 aromatic carbocycles. The van der Waals surface area contributed by atoms with Gasteiger partial charge < -0.3 is 9.88 Å². The van der Waals surface area contributed by atoms with Crippen LogP contribution in [-0.4, -0.2) is 20.8 Å². The molecule has 0 saturated heterocycles. The second-order valence-corrected chi connectivity index (χ2v) is 5.46. The van der Waals surface area contributed by atoms with Gasteiger partial charge in [0.1, 0.15) is 12.2 Å². The summed E-state index contributed by atoms with van der Waals surface area (Å²) < 4.78 is 1.98. The van der Waals surface area contributed by atoms with E-state index in [1.807, 2.05) is 11.6 Å². The fraction of sp³-hybridized carbons (Fsp3) is 0.467. The van der Waals surface area contributed by atoms with Crippen molar-refractivity contribution in [2.24, 2.45) is 7.05 Å². The fourth-order valence-corrected chi connectivity index (χ4v) is 2.86. The number of nitrogens with zero attached hydrogens (tertiary/aromatic N) is 3. The molecule has 1 aliphatic carbocycles. The second kappa shape index (κ2) is 5.13. The Morgan fingerprint density at radius 2 is 2.00 bits per heavy atom. The molecule has 0 amide bonds. The van der Waals surface area contributed by atoms with Gasteiger partial charge in [-0.25, -0.2) is 0 Å². The zero-order chi connectivity index (χ0) is 13.2. The lowest BCUT2D eigenvalue weighted by Gasteiger charge is -2.38. The second-order valence-electron chi connectivity index (χ2n) is 5.46. The maximum atomic E-state index is 4.15. The fourth-order valence-electron chi connectivity index (χ4n) is 2.86. The Balaban J connectivity index is 1.53. The maximum absolute atomic E-state index is 4.15. The summed E-state index contributed by atoms with van der Waals surface area (Å²) in [5, 5.41) is 11.7. The van der Waals surface area contributed by atoms with Crippen molar-refractivity contribution >= 4 is 0 Å². The first-order valence-electron chi connectivity index (χ1n) is 6.89. The minimum absolute atomic E-state index is 0.259. The number of aromatic nitrogens is 3. The molecule has 0 radical (unpaired) electrons. The summed E-state index contributed by atoms with van der Waals surface area (Å²) in [6.45, 7) is 2.15. The molecule has 2 aromatic rings. The van der Waals surface area contributed by atoms with Crippen LogP contribution in [0.15, 0.2) is 36.7 Å². The third-order valence-corrected chi connectivity index (χ3v) is 4.03. The van der Waals surface area contributed by atoms with Crippen molar-refractivity contribution in [1.82, 2.24) is 20.1 Å². The van der Waals surface area contributed by atoms with Gasteiger partial charge in [-0.2, -0.15) is 0 Å². The molecule has 1 saturated carbocycles. The summed E-state index contributed by atoms with van der Waals surface area (Å²) in [7, 11) is 1.99. The van der Waals surface area contributed by atoms with E-state index in [1.54, 1.807) is 6.33 Å². The van der Waals surface area contributed by atoms with Gasteiger partial charge in [0.05, 0.1) is 6.04 Å². The molecule has 100 valence electrons. The van der Waals surface area contributed by atoms with Crippen molar-refractivity contribution in [2.45, 2.75) is 37.8 Å². The van der Waals surface area contributed by atoms with E-state index in [9.17, 15) is 0 Å². The van der Waals surface area contributed by atoms with Gasteiger partial charge in [-0.3, -0.25) is 0 Å². The first kappa shape index (κ1) is 12.4. The van der Waals surface area contributed by atoms with Gasteiger partial charge in [0.25, 0.3) is 0 Å². The van der Waals surface area contributed by atoms with E-state index in [2.05, 4.69) is 52.8 Å². The molecule has 1 aliphatic rings. The highest BCUT2D eigenvalue weighted by molar-refractivity contribution is 5.22. The minimum Gasteiger partial charge on any atom is -0.319 e. The smallest absolute Gasteiger partial charge is 0.149 e. The van der Waals surface area contributed by atoms with Crippen molar-refractivity contribution in [3.8, 4) is 0 Å². The van der Waals surface area contributed by atoms with Gasteiger partial charge in [0.15, 0.2) is 0 Å². The molecule has 1 N–H and O–H groups in total.